The molecule has 0 spiro atoms. The lowest BCUT2D eigenvalue weighted by molar-refractivity contribution is -0.136. The minimum Gasteiger partial charge on any atom is -0.481 e. The lowest BCUT2D eigenvalue weighted by Gasteiger charge is -2.15. The van der Waals surface area contributed by atoms with Gasteiger partial charge in [0.15, 0.2) is 11.5 Å². The first-order valence-corrected chi connectivity index (χ1v) is 8.84. The van der Waals surface area contributed by atoms with Crippen molar-refractivity contribution in [3.8, 4) is 0 Å². The number of aliphatic carboxylic acids is 1. The summed E-state index contributed by atoms with van der Waals surface area (Å²) in [5.41, 5.74) is 2.36. The third-order valence-electron chi connectivity index (χ3n) is 3.71. The topological polar surface area (TPSA) is 120 Å². The van der Waals surface area contributed by atoms with Gasteiger partial charge in [-0.25, -0.2) is 24.1 Å². The molecule has 0 bridgehead atoms. The number of hydrogen-bond acceptors (Lipinski definition) is 7. The zero-order valence-corrected chi connectivity index (χ0v) is 15.8. The van der Waals surface area contributed by atoms with Gasteiger partial charge in [-0.15, -0.1) is 0 Å². The van der Waals surface area contributed by atoms with Crippen LogP contribution >= 0.6 is 12.8 Å². The molecule has 0 radical (unpaired) electrons. The summed E-state index contributed by atoms with van der Waals surface area (Å²) < 4.78 is 1.10. The second-order valence-corrected chi connectivity index (χ2v) is 6.21. The van der Waals surface area contributed by atoms with Crippen molar-refractivity contribution in [3.05, 3.63) is 48.2 Å². The van der Waals surface area contributed by atoms with E-state index in [1.165, 1.54) is 0 Å². The van der Waals surface area contributed by atoms with Crippen LogP contribution in [0.4, 0.5) is 22.1 Å². The highest BCUT2D eigenvalue weighted by Gasteiger charge is 2.13. The van der Waals surface area contributed by atoms with Gasteiger partial charge in [-0.05, 0) is 36.8 Å². The highest BCUT2D eigenvalue weighted by Crippen LogP contribution is 2.20. The second kappa shape index (κ2) is 8.53. The minimum absolute atomic E-state index is 0.0331. The first-order valence-electron chi connectivity index (χ1n) is 8.44. The van der Waals surface area contributed by atoms with E-state index in [0.717, 1.165) is 9.99 Å². The number of urea groups is 1. The molecular weight excluding hydrogens is 380 g/mol. The third kappa shape index (κ3) is 4.65. The van der Waals surface area contributed by atoms with E-state index in [1.807, 2.05) is 6.92 Å². The van der Waals surface area contributed by atoms with Crippen LogP contribution in [0.3, 0.4) is 0 Å². The van der Waals surface area contributed by atoms with Crippen molar-refractivity contribution in [1.29, 1.82) is 0 Å². The molecule has 2 aromatic heterocycles. The van der Waals surface area contributed by atoms with E-state index in [2.05, 4.69) is 38.4 Å². The second-order valence-electron chi connectivity index (χ2n) is 5.81. The van der Waals surface area contributed by atoms with E-state index in [1.54, 1.807) is 42.6 Å². The predicted molar refractivity (Wildman–Crippen MR) is 109 cm³/mol. The maximum atomic E-state index is 11.9. The molecule has 0 atom stereocenters. The number of thiol groups is 1. The Bertz CT molecular complexity index is 1010. The predicted octanol–water partition coefficient (Wildman–Crippen LogP) is 2.78. The summed E-state index contributed by atoms with van der Waals surface area (Å²) in [4.78, 5) is 35.7. The van der Waals surface area contributed by atoms with Gasteiger partial charge in [0.25, 0.3) is 0 Å². The van der Waals surface area contributed by atoms with Crippen LogP contribution in [0.25, 0.3) is 11.2 Å². The number of carbonyl (C=O) groups excluding carboxylic acids is 1. The molecule has 0 fully saturated rings. The molecule has 0 saturated carbocycles. The fourth-order valence-electron chi connectivity index (χ4n) is 2.42. The normalized spacial score (nSPS) is 10.5. The third-order valence-corrected chi connectivity index (χ3v) is 4.10. The number of nitrogens with zero attached hydrogens (tertiary/aromatic N) is 4. The molecule has 3 N–H and O–H groups in total. The van der Waals surface area contributed by atoms with Crippen molar-refractivity contribution in [3.63, 3.8) is 0 Å². The quantitative estimate of drug-likeness (QED) is 0.471. The van der Waals surface area contributed by atoms with Crippen LogP contribution in [0.2, 0.25) is 0 Å². The molecule has 144 valence electrons. The molecule has 0 saturated heterocycles. The summed E-state index contributed by atoms with van der Waals surface area (Å²) in [7, 11) is 0. The number of fused-ring (bicyclic) bond motifs is 1. The first-order chi connectivity index (χ1) is 13.5. The number of carboxylic acids is 1. The van der Waals surface area contributed by atoms with Crippen LogP contribution < -0.4 is 14.9 Å². The maximum Gasteiger partial charge on any atom is 0.333 e. The van der Waals surface area contributed by atoms with Gasteiger partial charge >= 0.3 is 12.0 Å². The van der Waals surface area contributed by atoms with Gasteiger partial charge in [0, 0.05) is 12.2 Å². The first kappa shape index (κ1) is 19.4. The minimum atomic E-state index is -0.881. The summed E-state index contributed by atoms with van der Waals surface area (Å²) in [5, 5.41) is 14.6. The zero-order chi connectivity index (χ0) is 20.1. The number of carboxylic acid groups (broad SMARTS) is 1. The Hall–Kier alpha value is -3.40. The van der Waals surface area contributed by atoms with Gasteiger partial charge in [-0.2, -0.15) is 0 Å². The van der Waals surface area contributed by atoms with Gasteiger partial charge in [-0.1, -0.05) is 24.9 Å². The van der Waals surface area contributed by atoms with E-state index >= 15 is 0 Å². The van der Waals surface area contributed by atoms with E-state index in [-0.39, 0.29) is 12.5 Å². The molecule has 0 unspecified atom stereocenters. The molecule has 10 heteroatoms. The molecule has 3 rings (SSSR count). The van der Waals surface area contributed by atoms with Crippen LogP contribution in [0.15, 0.2) is 42.6 Å². The Morgan fingerprint density at radius 1 is 1.14 bits per heavy atom. The monoisotopic (exact) mass is 398 g/mol. The van der Waals surface area contributed by atoms with Crippen LogP contribution in [0.1, 0.15) is 12.5 Å². The maximum absolute atomic E-state index is 11.9. The van der Waals surface area contributed by atoms with Crippen LogP contribution in [-0.2, 0) is 11.2 Å². The number of carbonyl (C=O) groups is 2. The summed E-state index contributed by atoms with van der Waals surface area (Å²) in [5.74, 6) is -0.0908. The number of nitrogens with one attached hydrogen (secondary N) is 2. The summed E-state index contributed by atoms with van der Waals surface area (Å²) >= 11 is 4.17. The van der Waals surface area contributed by atoms with Crippen molar-refractivity contribution in [2.45, 2.75) is 13.3 Å². The fourth-order valence-corrected chi connectivity index (χ4v) is 2.61. The van der Waals surface area contributed by atoms with E-state index in [9.17, 15) is 9.59 Å². The van der Waals surface area contributed by atoms with E-state index < -0.39 is 5.97 Å². The Morgan fingerprint density at radius 3 is 2.57 bits per heavy atom. The van der Waals surface area contributed by atoms with Crippen molar-refractivity contribution >= 4 is 53.3 Å². The molecule has 0 aliphatic heterocycles. The number of aromatic nitrogens is 3. The molecule has 2 heterocycles. The summed E-state index contributed by atoms with van der Waals surface area (Å²) in [6.07, 6.45) is 1.53. The Labute approximate surface area is 166 Å². The van der Waals surface area contributed by atoms with Crippen LogP contribution in [0.5, 0.6) is 0 Å². The Balaban J connectivity index is 1.80. The number of hydrogen-bond donors (Lipinski definition) is 4. The van der Waals surface area contributed by atoms with Crippen molar-refractivity contribution in [2.24, 2.45) is 0 Å². The average molecular weight is 398 g/mol. The van der Waals surface area contributed by atoms with Crippen LogP contribution in [-0.4, -0.2) is 38.6 Å². The lowest BCUT2D eigenvalue weighted by Crippen LogP contribution is -2.34. The summed E-state index contributed by atoms with van der Waals surface area (Å²) in [6.45, 7) is 2.29. The largest absolute Gasteiger partial charge is 0.481 e. The Kier molecular flexibility index (Phi) is 5.90. The smallest absolute Gasteiger partial charge is 0.333 e. The number of pyridine rings is 1. The van der Waals surface area contributed by atoms with Crippen LogP contribution in [0, 0.1) is 0 Å². The highest BCUT2D eigenvalue weighted by atomic mass is 32.1. The molecule has 2 amide bonds. The SMILES string of the molecule is CCNC(=O)N(S)c1ccc2ncc(Nc3ccc(CC(=O)O)cc3)nc2n1. The highest BCUT2D eigenvalue weighted by molar-refractivity contribution is 7.82. The number of rotatable bonds is 6. The summed E-state index contributed by atoms with van der Waals surface area (Å²) in [6, 6.07) is 9.93. The molecule has 9 nitrogen and oxygen atoms in total. The molecular formula is C18H18N6O3S. The number of benzene rings is 1. The van der Waals surface area contributed by atoms with Crippen molar-refractivity contribution in [1.82, 2.24) is 20.3 Å². The molecule has 1 aromatic carbocycles. The molecule has 0 aliphatic rings. The van der Waals surface area contributed by atoms with Gasteiger partial charge in [-0.3, -0.25) is 4.79 Å². The van der Waals surface area contributed by atoms with E-state index in [0.29, 0.717) is 34.9 Å². The fraction of sp³-hybridized carbons (Fsp3) is 0.167. The van der Waals surface area contributed by atoms with Crippen molar-refractivity contribution in [2.75, 3.05) is 16.2 Å². The Morgan fingerprint density at radius 2 is 1.89 bits per heavy atom. The molecule has 0 aliphatic carbocycles. The number of amides is 2. The van der Waals surface area contributed by atoms with Gasteiger partial charge in [0.05, 0.1) is 12.6 Å². The molecule has 3 aromatic rings. The van der Waals surface area contributed by atoms with Gasteiger partial charge in [0.1, 0.15) is 11.3 Å². The van der Waals surface area contributed by atoms with Crippen molar-refractivity contribution < 1.29 is 14.7 Å². The number of anilines is 3. The zero-order valence-electron chi connectivity index (χ0n) is 15.0. The van der Waals surface area contributed by atoms with Gasteiger partial charge in [0.2, 0.25) is 0 Å². The standard InChI is InChI=1S/C18H18N6O3S/c1-2-19-18(27)24(28)15-8-7-13-17(23-15)22-14(10-20-13)21-12-5-3-11(4-6-12)9-16(25)26/h3-8,10,28H,2,9H2,1H3,(H,19,27)(H,25,26)(H,21,22,23). The van der Waals surface area contributed by atoms with E-state index in [4.69, 9.17) is 5.11 Å². The van der Waals surface area contributed by atoms with Gasteiger partial charge < -0.3 is 15.7 Å². The molecule has 28 heavy (non-hydrogen) atoms. The average Bonchev–Trinajstić information content (AvgIpc) is 2.68. The lowest BCUT2D eigenvalue weighted by atomic mass is 10.1.